The lowest BCUT2D eigenvalue weighted by Crippen LogP contribution is -2.46. The fraction of sp³-hybridized carbons (Fsp3) is 0.647. The molecule has 1 aromatic carbocycles. The summed E-state index contributed by atoms with van der Waals surface area (Å²) in [5, 5.41) is 9.71. The zero-order valence-corrected chi connectivity index (χ0v) is 13.6. The van der Waals surface area contributed by atoms with Gasteiger partial charge in [0, 0.05) is 12.6 Å². The van der Waals surface area contributed by atoms with E-state index in [2.05, 4.69) is 39.6 Å². The number of hydrogen-bond donors (Lipinski definition) is 2. The van der Waals surface area contributed by atoms with Crippen molar-refractivity contribution < 1.29 is 5.11 Å². The Labute approximate surface area is 123 Å². The Morgan fingerprint density at radius 3 is 2.20 bits per heavy atom. The lowest BCUT2D eigenvalue weighted by atomic mass is 9.85. The van der Waals surface area contributed by atoms with Gasteiger partial charge in [0.15, 0.2) is 0 Å². The molecule has 3 N–H and O–H groups in total. The first kappa shape index (κ1) is 17.2. The molecule has 2 unspecified atom stereocenters. The van der Waals surface area contributed by atoms with Crippen LogP contribution in [-0.2, 0) is 5.54 Å². The highest BCUT2D eigenvalue weighted by Gasteiger charge is 2.29. The van der Waals surface area contributed by atoms with E-state index in [4.69, 9.17) is 5.73 Å². The molecule has 0 spiro atoms. The summed E-state index contributed by atoms with van der Waals surface area (Å²) in [6.45, 7) is 9.80. The third-order valence-corrected chi connectivity index (χ3v) is 4.46. The average molecular weight is 278 g/mol. The van der Waals surface area contributed by atoms with E-state index in [-0.39, 0.29) is 12.0 Å². The van der Waals surface area contributed by atoms with E-state index in [1.54, 1.807) is 0 Å². The fourth-order valence-corrected chi connectivity index (χ4v) is 2.32. The van der Waals surface area contributed by atoms with Crippen LogP contribution in [0, 0.1) is 5.41 Å². The van der Waals surface area contributed by atoms with Gasteiger partial charge in [0.05, 0.1) is 12.1 Å². The third-order valence-electron chi connectivity index (χ3n) is 4.46. The van der Waals surface area contributed by atoms with Gasteiger partial charge in [-0.15, -0.1) is 0 Å². The Bertz CT molecular complexity index is 399. The van der Waals surface area contributed by atoms with Gasteiger partial charge in [-0.3, -0.25) is 0 Å². The minimum Gasteiger partial charge on any atom is -0.394 e. The van der Waals surface area contributed by atoms with Crippen molar-refractivity contribution in [2.75, 3.05) is 20.2 Å². The Morgan fingerprint density at radius 2 is 1.75 bits per heavy atom. The van der Waals surface area contributed by atoms with Crippen molar-refractivity contribution in [3.05, 3.63) is 35.9 Å². The molecule has 2 atom stereocenters. The molecule has 0 heterocycles. The molecule has 0 saturated carbocycles. The summed E-state index contributed by atoms with van der Waals surface area (Å²) >= 11 is 0. The second-order valence-electron chi connectivity index (χ2n) is 6.95. The van der Waals surface area contributed by atoms with Crippen LogP contribution in [-0.4, -0.2) is 36.2 Å². The van der Waals surface area contributed by atoms with Crippen molar-refractivity contribution in [3.8, 4) is 0 Å². The fourth-order valence-electron chi connectivity index (χ4n) is 2.32. The Morgan fingerprint density at radius 1 is 1.20 bits per heavy atom. The summed E-state index contributed by atoms with van der Waals surface area (Å²) in [5.41, 5.74) is 6.97. The van der Waals surface area contributed by atoms with E-state index in [9.17, 15) is 5.11 Å². The molecule has 0 aliphatic carbocycles. The zero-order valence-electron chi connectivity index (χ0n) is 13.6. The number of nitrogens with zero attached hydrogens (tertiary/aromatic N) is 1. The molecule has 0 bridgehead atoms. The molecule has 20 heavy (non-hydrogen) atoms. The van der Waals surface area contributed by atoms with Gasteiger partial charge >= 0.3 is 0 Å². The van der Waals surface area contributed by atoms with Gasteiger partial charge < -0.3 is 15.7 Å². The van der Waals surface area contributed by atoms with Gasteiger partial charge in [-0.25, -0.2) is 0 Å². The summed E-state index contributed by atoms with van der Waals surface area (Å²) in [6.07, 6.45) is 0.741. The monoisotopic (exact) mass is 278 g/mol. The lowest BCUT2D eigenvalue weighted by molar-refractivity contribution is 0.115. The van der Waals surface area contributed by atoms with E-state index in [0.717, 1.165) is 18.5 Å². The second-order valence-corrected chi connectivity index (χ2v) is 6.95. The van der Waals surface area contributed by atoms with E-state index in [1.807, 2.05) is 30.3 Å². The van der Waals surface area contributed by atoms with E-state index >= 15 is 0 Å². The van der Waals surface area contributed by atoms with Crippen molar-refractivity contribution in [1.82, 2.24) is 4.90 Å². The Kier molecular flexibility index (Phi) is 5.75. The molecule has 0 aliphatic rings. The van der Waals surface area contributed by atoms with Crippen LogP contribution >= 0.6 is 0 Å². The predicted octanol–water partition coefficient (Wildman–Crippen LogP) is 2.59. The molecule has 1 aromatic rings. The van der Waals surface area contributed by atoms with Gasteiger partial charge in [0.25, 0.3) is 0 Å². The van der Waals surface area contributed by atoms with Crippen LogP contribution in [0.5, 0.6) is 0 Å². The maximum Gasteiger partial charge on any atom is 0.0656 e. The van der Waals surface area contributed by atoms with Crippen LogP contribution in [0.3, 0.4) is 0 Å². The predicted molar refractivity (Wildman–Crippen MR) is 85.6 cm³/mol. The molecule has 0 saturated heterocycles. The normalized spacial score (nSPS) is 17.0. The first-order valence-electron chi connectivity index (χ1n) is 7.36. The molecule has 0 amide bonds. The molecule has 3 nitrogen and oxygen atoms in total. The minimum atomic E-state index is -0.660. The van der Waals surface area contributed by atoms with E-state index in [0.29, 0.717) is 6.04 Å². The molecule has 0 fully saturated rings. The van der Waals surface area contributed by atoms with Gasteiger partial charge in [-0.2, -0.15) is 0 Å². The summed E-state index contributed by atoms with van der Waals surface area (Å²) in [4.78, 5) is 2.32. The van der Waals surface area contributed by atoms with Crippen molar-refractivity contribution in [3.63, 3.8) is 0 Å². The van der Waals surface area contributed by atoms with Gasteiger partial charge in [0.1, 0.15) is 0 Å². The standard InChI is InChI=1S/C17H30N2O/c1-14(16(2,3)4)19(5)12-11-17(18,13-20)15-9-7-6-8-10-15/h6-10,14,20H,11-13,18H2,1-5H3. The van der Waals surface area contributed by atoms with Crippen molar-refractivity contribution in [2.45, 2.75) is 45.7 Å². The van der Waals surface area contributed by atoms with Gasteiger partial charge in [-0.05, 0) is 31.4 Å². The zero-order chi connectivity index (χ0) is 15.4. The average Bonchev–Trinajstić information content (AvgIpc) is 2.43. The molecule has 0 aliphatic heterocycles. The number of aliphatic hydroxyl groups excluding tert-OH is 1. The van der Waals surface area contributed by atoms with E-state index in [1.165, 1.54) is 0 Å². The Hall–Kier alpha value is -0.900. The largest absolute Gasteiger partial charge is 0.394 e. The van der Waals surface area contributed by atoms with Crippen LogP contribution in [0.25, 0.3) is 0 Å². The van der Waals surface area contributed by atoms with Crippen molar-refractivity contribution >= 4 is 0 Å². The number of aliphatic hydroxyl groups is 1. The summed E-state index contributed by atoms with van der Waals surface area (Å²) in [7, 11) is 2.12. The number of benzene rings is 1. The third kappa shape index (κ3) is 4.30. The maximum atomic E-state index is 9.71. The Balaban J connectivity index is 2.71. The van der Waals surface area contributed by atoms with Gasteiger partial charge in [0.2, 0.25) is 0 Å². The van der Waals surface area contributed by atoms with Crippen LogP contribution in [0.15, 0.2) is 30.3 Å². The summed E-state index contributed by atoms with van der Waals surface area (Å²) in [5.74, 6) is 0. The van der Waals surface area contributed by atoms with E-state index < -0.39 is 5.54 Å². The SMILES string of the molecule is CC(N(C)CCC(N)(CO)c1ccccc1)C(C)(C)C. The first-order valence-corrected chi connectivity index (χ1v) is 7.36. The van der Waals surface area contributed by atoms with Gasteiger partial charge in [-0.1, -0.05) is 51.1 Å². The highest BCUT2D eigenvalue weighted by Crippen LogP contribution is 2.26. The van der Waals surface area contributed by atoms with Crippen LogP contribution in [0.4, 0.5) is 0 Å². The second kappa shape index (κ2) is 6.70. The molecule has 114 valence electrons. The van der Waals surface area contributed by atoms with Crippen molar-refractivity contribution in [2.24, 2.45) is 11.1 Å². The molecular weight excluding hydrogens is 248 g/mol. The molecule has 0 radical (unpaired) electrons. The lowest BCUT2D eigenvalue weighted by Gasteiger charge is -2.37. The van der Waals surface area contributed by atoms with Crippen LogP contribution < -0.4 is 5.73 Å². The maximum absolute atomic E-state index is 9.71. The topological polar surface area (TPSA) is 49.5 Å². The molecular formula is C17H30N2O. The van der Waals surface area contributed by atoms with Crippen LogP contribution in [0.2, 0.25) is 0 Å². The summed E-state index contributed by atoms with van der Waals surface area (Å²) in [6, 6.07) is 10.3. The van der Waals surface area contributed by atoms with Crippen LogP contribution in [0.1, 0.15) is 39.7 Å². The van der Waals surface area contributed by atoms with Crippen molar-refractivity contribution in [1.29, 1.82) is 0 Å². The molecule has 3 heteroatoms. The highest BCUT2D eigenvalue weighted by atomic mass is 16.3. The summed E-state index contributed by atoms with van der Waals surface area (Å²) < 4.78 is 0. The highest BCUT2D eigenvalue weighted by molar-refractivity contribution is 5.24. The molecule has 1 rings (SSSR count). The number of rotatable bonds is 6. The number of hydrogen-bond acceptors (Lipinski definition) is 3. The number of nitrogens with two attached hydrogens (primary N) is 1. The molecule has 0 aromatic heterocycles. The first-order chi connectivity index (χ1) is 9.20. The minimum absolute atomic E-state index is 0.0330. The smallest absolute Gasteiger partial charge is 0.0656 e. The quantitative estimate of drug-likeness (QED) is 0.841.